The maximum absolute atomic E-state index is 12.2. The molecule has 168 valence electrons. The summed E-state index contributed by atoms with van der Waals surface area (Å²) in [5, 5.41) is 11.8. The summed E-state index contributed by atoms with van der Waals surface area (Å²) < 4.78 is 0. The van der Waals surface area contributed by atoms with E-state index < -0.39 is 5.60 Å². The van der Waals surface area contributed by atoms with Gasteiger partial charge in [0.05, 0.1) is 5.88 Å². The third-order valence-electron chi connectivity index (χ3n) is 8.77. The average molecular weight is 467 g/mol. The Morgan fingerprint density at radius 2 is 1.97 bits per heavy atom. The Bertz CT molecular complexity index is 1060. The first-order valence-electron chi connectivity index (χ1n) is 11.8. The van der Waals surface area contributed by atoms with Gasteiger partial charge in [0.2, 0.25) is 0 Å². The molecule has 4 heteroatoms. The fourth-order valence-corrected chi connectivity index (χ4v) is 7.66. The molecule has 2 saturated carbocycles. The molecule has 1 aromatic carbocycles. The van der Waals surface area contributed by atoms with Crippen LogP contribution in [0.1, 0.15) is 63.4 Å². The van der Waals surface area contributed by atoms with Crippen LogP contribution in [0.25, 0.3) is 0 Å². The van der Waals surface area contributed by atoms with E-state index in [-0.39, 0.29) is 23.0 Å². The van der Waals surface area contributed by atoms with Crippen LogP contribution in [0, 0.1) is 29.1 Å². The van der Waals surface area contributed by atoms with Crippen molar-refractivity contribution in [2.45, 2.75) is 68.3 Å². The lowest BCUT2D eigenvalue weighted by Gasteiger charge is -2.53. The Morgan fingerprint density at radius 1 is 1.19 bits per heavy atom. The first-order valence-corrected chi connectivity index (χ1v) is 13.5. The van der Waals surface area contributed by atoms with E-state index in [2.05, 4.69) is 49.3 Å². The molecule has 2 nitrogen and oxygen atoms in total. The third kappa shape index (κ3) is 3.42. The largest absolute Gasteiger partial charge is 0.377 e. The highest BCUT2D eigenvalue weighted by Crippen LogP contribution is 2.66. The summed E-state index contributed by atoms with van der Waals surface area (Å²) in [6.07, 6.45) is 10.2. The number of thioether (sulfide) groups is 1. The zero-order chi connectivity index (χ0) is 22.5. The molecule has 1 N–H and O–H groups in total. The average Bonchev–Trinajstić information content (AvgIpc) is 3.07. The fourth-order valence-electron chi connectivity index (χ4n) is 7.19. The highest BCUT2D eigenvalue weighted by atomic mass is 35.5. The zero-order valence-electron chi connectivity index (χ0n) is 18.9. The van der Waals surface area contributed by atoms with Crippen LogP contribution in [0.2, 0.25) is 0 Å². The van der Waals surface area contributed by atoms with Crippen molar-refractivity contribution in [3.8, 4) is 11.8 Å². The van der Waals surface area contributed by atoms with Crippen LogP contribution in [0.15, 0.2) is 52.0 Å². The molecule has 0 radical (unpaired) electrons. The first kappa shape index (κ1) is 22.3. The Kier molecular flexibility index (Phi) is 5.85. The minimum atomic E-state index is -0.987. The number of hydrogen-bond acceptors (Lipinski definition) is 3. The van der Waals surface area contributed by atoms with E-state index in [1.807, 2.05) is 6.08 Å². The number of carbonyl (C=O) groups excluding carboxylic acids is 1. The quantitative estimate of drug-likeness (QED) is 0.316. The van der Waals surface area contributed by atoms with Crippen molar-refractivity contribution < 1.29 is 9.90 Å². The van der Waals surface area contributed by atoms with E-state index in [1.54, 1.807) is 17.3 Å². The third-order valence-corrected chi connectivity index (χ3v) is 9.64. The summed E-state index contributed by atoms with van der Waals surface area (Å²) in [5.41, 5.74) is 4.35. The van der Waals surface area contributed by atoms with Crippen molar-refractivity contribution in [3.63, 3.8) is 0 Å². The minimum Gasteiger partial charge on any atom is -0.377 e. The number of alkyl halides is 1. The molecule has 1 aromatic rings. The van der Waals surface area contributed by atoms with E-state index in [9.17, 15) is 9.90 Å². The van der Waals surface area contributed by atoms with E-state index in [0.29, 0.717) is 18.3 Å². The van der Waals surface area contributed by atoms with E-state index in [1.165, 1.54) is 21.6 Å². The van der Waals surface area contributed by atoms with Gasteiger partial charge >= 0.3 is 0 Å². The number of hydrogen-bond donors (Lipinski definition) is 1. The van der Waals surface area contributed by atoms with Gasteiger partial charge in [-0.3, -0.25) is 4.79 Å². The summed E-state index contributed by atoms with van der Waals surface area (Å²) in [6.45, 7) is 2.27. The van der Waals surface area contributed by atoms with Gasteiger partial charge in [0.15, 0.2) is 5.78 Å². The zero-order valence-corrected chi connectivity index (χ0v) is 20.5. The summed E-state index contributed by atoms with van der Waals surface area (Å²) in [7, 11) is 0. The number of carbonyl (C=O) groups is 1. The van der Waals surface area contributed by atoms with Crippen LogP contribution in [0.4, 0.5) is 0 Å². The molecule has 0 aliphatic heterocycles. The van der Waals surface area contributed by atoms with Crippen LogP contribution in [0.3, 0.4) is 0 Å². The molecule has 0 amide bonds. The second kappa shape index (κ2) is 8.39. The van der Waals surface area contributed by atoms with Gasteiger partial charge in [-0.1, -0.05) is 36.5 Å². The second-order valence-electron chi connectivity index (χ2n) is 10.1. The molecule has 0 spiro atoms. The van der Waals surface area contributed by atoms with E-state index in [4.69, 9.17) is 11.6 Å². The lowest BCUT2D eigenvalue weighted by Crippen LogP contribution is -2.51. The standard InChI is InChI=1S/C28H31ClO2S/c1-27-17-24(18-4-8-21(32-2)9-5-18)26-22-11-7-20(30)16-19(22)6-10-23(26)25(27)12-14-28(27,31)13-3-15-29/h4-5,8-9,16,23-25,31H,6-7,10-12,14-15,17H2,1-2H3/t23-,24+,25-,27-,28-/m0/s1. The van der Waals surface area contributed by atoms with Gasteiger partial charge in [0, 0.05) is 22.6 Å². The summed E-state index contributed by atoms with van der Waals surface area (Å²) in [4.78, 5) is 13.4. The Hall–Kier alpha value is -1.47. The van der Waals surface area contributed by atoms with Gasteiger partial charge in [-0.25, -0.2) is 0 Å². The molecule has 0 heterocycles. The highest BCUT2D eigenvalue weighted by Gasteiger charge is 2.62. The molecular formula is C28H31ClO2S. The van der Waals surface area contributed by atoms with Crippen LogP contribution in [-0.4, -0.2) is 28.6 Å². The van der Waals surface area contributed by atoms with Gasteiger partial charge in [0.1, 0.15) is 5.60 Å². The molecule has 5 rings (SSSR count). The van der Waals surface area contributed by atoms with E-state index in [0.717, 1.165) is 38.5 Å². The number of halogens is 1. The predicted octanol–water partition coefficient (Wildman–Crippen LogP) is 6.28. The summed E-state index contributed by atoms with van der Waals surface area (Å²) in [6, 6.07) is 8.98. The molecule has 0 saturated heterocycles. The molecule has 0 unspecified atom stereocenters. The van der Waals surface area contributed by atoms with Gasteiger partial charge in [-0.2, -0.15) is 0 Å². The number of rotatable bonds is 2. The predicted molar refractivity (Wildman–Crippen MR) is 132 cm³/mol. The fraction of sp³-hybridized carbons (Fsp3) is 0.536. The second-order valence-corrected chi connectivity index (χ2v) is 11.3. The van der Waals surface area contributed by atoms with Crippen LogP contribution >= 0.6 is 23.4 Å². The Balaban J connectivity index is 1.66. The molecule has 5 atom stereocenters. The number of fused-ring (bicyclic) bond motifs is 4. The number of allylic oxidation sites excluding steroid dienone is 4. The van der Waals surface area contributed by atoms with Crippen molar-refractivity contribution in [3.05, 3.63) is 52.6 Å². The summed E-state index contributed by atoms with van der Waals surface area (Å²) >= 11 is 7.65. The minimum absolute atomic E-state index is 0.254. The maximum atomic E-state index is 12.2. The number of ketones is 1. The van der Waals surface area contributed by atoms with Gasteiger partial charge in [-0.05, 0) is 91.5 Å². The van der Waals surface area contributed by atoms with Crippen molar-refractivity contribution in [2.24, 2.45) is 17.3 Å². The number of benzene rings is 1. The van der Waals surface area contributed by atoms with Crippen LogP contribution < -0.4 is 0 Å². The molecule has 4 aliphatic rings. The summed E-state index contributed by atoms with van der Waals surface area (Å²) in [5.74, 6) is 7.83. The van der Waals surface area contributed by atoms with Crippen LogP contribution in [0.5, 0.6) is 0 Å². The highest BCUT2D eigenvalue weighted by molar-refractivity contribution is 7.98. The molecule has 0 bridgehead atoms. The van der Waals surface area contributed by atoms with Gasteiger partial charge in [-0.15, -0.1) is 23.4 Å². The first-order chi connectivity index (χ1) is 15.4. The van der Waals surface area contributed by atoms with Crippen LogP contribution in [-0.2, 0) is 4.79 Å². The molecule has 2 fully saturated rings. The topological polar surface area (TPSA) is 37.3 Å². The Morgan fingerprint density at radius 3 is 2.69 bits per heavy atom. The van der Waals surface area contributed by atoms with Crippen molar-refractivity contribution in [1.29, 1.82) is 0 Å². The van der Waals surface area contributed by atoms with Gasteiger partial charge in [0.25, 0.3) is 0 Å². The van der Waals surface area contributed by atoms with E-state index >= 15 is 0 Å². The molecule has 0 aromatic heterocycles. The monoisotopic (exact) mass is 466 g/mol. The normalized spacial score (nSPS) is 35.9. The molecular weight excluding hydrogens is 436 g/mol. The SMILES string of the molecule is CSc1ccc([C@H]2C[C@@]3(C)[C@@H](CC[C@@]3(O)C#CCCl)[C@@H]3CCC4=CC(=O)CCC4=C32)cc1. The molecule has 32 heavy (non-hydrogen) atoms. The number of aliphatic hydroxyl groups is 1. The van der Waals surface area contributed by atoms with Crippen molar-refractivity contribution in [2.75, 3.05) is 12.1 Å². The smallest absolute Gasteiger partial charge is 0.156 e. The van der Waals surface area contributed by atoms with Gasteiger partial charge < -0.3 is 5.11 Å². The lowest BCUT2D eigenvalue weighted by molar-refractivity contribution is -0.114. The molecule has 4 aliphatic carbocycles. The Labute approximate surface area is 200 Å². The van der Waals surface area contributed by atoms with Crippen molar-refractivity contribution in [1.82, 2.24) is 0 Å². The maximum Gasteiger partial charge on any atom is 0.156 e. The van der Waals surface area contributed by atoms with Crippen molar-refractivity contribution >= 4 is 29.1 Å². The lowest BCUT2D eigenvalue weighted by atomic mass is 9.51.